The van der Waals surface area contributed by atoms with Gasteiger partial charge >= 0.3 is 0 Å². The lowest BCUT2D eigenvalue weighted by molar-refractivity contribution is -0.0440. The minimum atomic E-state index is -3.30. The fourth-order valence-electron chi connectivity index (χ4n) is 2.35. The molecule has 0 saturated carbocycles. The molecule has 0 aromatic rings. The van der Waals surface area contributed by atoms with E-state index in [-0.39, 0.29) is 54.5 Å². The van der Waals surface area contributed by atoms with Crippen LogP contribution in [0.1, 0.15) is 34.6 Å². The summed E-state index contributed by atoms with van der Waals surface area (Å²) in [5, 5.41) is 6.28. The number of aliphatic imine (C=N–C) groups is 1. The quantitative estimate of drug-likeness (QED) is 0.350. The van der Waals surface area contributed by atoms with Crippen molar-refractivity contribution in [2.75, 3.05) is 31.9 Å². The molecule has 7 nitrogen and oxygen atoms in total. The molecule has 1 fully saturated rings. The highest BCUT2D eigenvalue weighted by Crippen LogP contribution is 2.14. The Morgan fingerprint density at radius 3 is 2.35 bits per heavy atom. The van der Waals surface area contributed by atoms with Crippen LogP contribution in [-0.2, 0) is 14.8 Å². The molecule has 2 unspecified atom stereocenters. The third-order valence-electron chi connectivity index (χ3n) is 3.17. The predicted octanol–water partition coefficient (Wildman–Crippen LogP) is 1.01. The lowest BCUT2D eigenvalue weighted by Gasteiger charge is -2.34. The van der Waals surface area contributed by atoms with Gasteiger partial charge in [-0.05, 0) is 34.6 Å². The highest BCUT2D eigenvalue weighted by atomic mass is 127. The minimum absolute atomic E-state index is 0. The molecule has 0 radical (unpaired) electrons. The smallest absolute Gasteiger partial charge is 0.216 e. The Kier molecular flexibility index (Phi) is 10.6. The van der Waals surface area contributed by atoms with Crippen molar-refractivity contribution in [3.63, 3.8) is 0 Å². The van der Waals surface area contributed by atoms with Crippen LogP contribution < -0.4 is 10.6 Å². The van der Waals surface area contributed by atoms with Gasteiger partial charge in [0.05, 0.1) is 24.5 Å². The molecule has 0 aromatic heterocycles. The lowest BCUT2D eigenvalue weighted by Crippen LogP contribution is -2.49. The van der Waals surface area contributed by atoms with Gasteiger partial charge in [0.2, 0.25) is 10.0 Å². The average molecular weight is 462 g/mol. The molecule has 23 heavy (non-hydrogen) atoms. The third kappa shape index (κ3) is 8.50. The normalized spacial score (nSPS) is 23.5. The van der Waals surface area contributed by atoms with E-state index in [4.69, 9.17) is 4.74 Å². The lowest BCUT2D eigenvalue weighted by atomic mass is 10.3. The van der Waals surface area contributed by atoms with Crippen molar-refractivity contribution in [2.24, 2.45) is 4.99 Å². The van der Waals surface area contributed by atoms with Crippen LogP contribution in [-0.4, -0.2) is 68.9 Å². The fraction of sp³-hybridized carbons (Fsp3) is 0.929. The highest BCUT2D eigenvalue weighted by Gasteiger charge is 2.30. The van der Waals surface area contributed by atoms with Crippen LogP contribution in [0.3, 0.4) is 0 Å². The van der Waals surface area contributed by atoms with Crippen LogP contribution >= 0.6 is 24.0 Å². The first-order chi connectivity index (χ1) is 10.2. The van der Waals surface area contributed by atoms with Crippen LogP contribution in [0.15, 0.2) is 4.99 Å². The van der Waals surface area contributed by atoms with E-state index in [1.54, 1.807) is 0 Å². The zero-order chi connectivity index (χ0) is 16.8. The molecule has 1 rings (SSSR count). The highest BCUT2D eigenvalue weighted by molar-refractivity contribution is 14.0. The molecule has 0 aliphatic carbocycles. The van der Waals surface area contributed by atoms with Crippen molar-refractivity contribution < 1.29 is 13.2 Å². The first-order valence-corrected chi connectivity index (χ1v) is 9.53. The number of sulfonamides is 1. The second-order valence-electron chi connectivity index (χ2n) is 5.95. The summed E-state index contributed by atoms with van der Waals surface area (Å²) in [6.07, 6.45) is -0.135. The number of rotatable bonds is 6. The molecule has 9 heteroatoms. The molecule has 1 aliphatic heterocycles. The van der Waals surface area contributed by atoms with Crippen molar-refractivity contribution >= 4 is 40.0 Å². The molecule has 1 heterocycles. The van der Waals surface area contributed by atoms with Crippen molar-refractivity contribution in [1.29, 1.82) is 0 Å². The van der Waals surface area contributed by atoms with Gasteiger partial charge in [0.15, 0.2) is 5.96 Å². The standard InChI is InChI=1S/C14H30N4O3S.HI/c1-6-15-14(17-11(2)3)16-7-8-22(19,20)18-9-12(4)21-13(5)10-18;/h11-13H,6-10H2,1-5H3,(H2,15,16,17);1H. The summed E-state index contributed by atoms with van der Waals surface area (Å²) in [7, 11) is -3.30. The van der Waals surface area contributed by atoms with Crippen LogP contribution in [0.25, 0.3) is 0 Å². The maximum absolute atomic E-state index is 12.4. The Balaban J connectivity index is 0.00000484. The number of hydrogen-bond acceptors (Lipinski definition) is 4. The van der Waals surface area contributed by atoms with E-state index in [0.29, 0.717) is 19.0 Å². The van der Waals surface area contributed by atoms with E-state index in [9.17, 15) is 8.42 Å². The fourth-order valence-corrected chi connectivity index (χ4v) is 3.81. The molecule has 0 spiro atoms. The Hall–Kier alpha value is -0.130. The Labute approximate surface area is 157 Å². The van der Waals surface area contributed by atoms with E-state index in [1.807, 2.05) is 34.6 Å². The number of halogens is 1. The van der Waals surface area contributed by atoms with Crippen LogP contribution in [0, 0.1) is 0 Å². The van der Waals surface area contributed by atoms with Gasteiger partial charge < -0.3 is 15.4 Å². The molecule has 2 N–H and O–H groups in total. The first-order valence-electron chi connectivity index (χ1n) is 7.92. The molecule has 0 aromatic carbocycles. The molecule has 1 aliphatic rings. The van der Waals surface area contributed by atoms with Gasteiger partial charge in [-0.2, -0.15) is 4.31 Å². The average Bonchev–Trinajstić information content (AvgIpc) is 2.36. The maximum Gasteiger partial charge on any atom is 0.216 e. The van der Waals surface area contributed by atoms with Gasteiger partial charge in [0.1, 0.15) is 0 Å². The molecule has 2 atom stereocenters. The maximum atomic E-state index is 12.4. The van der Waals surface area contributed by atoms with Gasteiger partial charge in [0.25, 0.3) is 0 Å². The Morgan fingerprint density at radius 1 is 1.30 bits per heavy atom. The van der Waals surface area contributed by atoms with Crippen LogP contribution in [0.5, 0.6) is 0 Å². The van der Waals surface area contributed by atoms with Crippen molar-refractivity contribution in [3.05, 3.63) is 0 Å². The molecular weight excluding hydrogens is 431 g/mol. The number of ether oxygens (including phenoxy) is 1. The first kappa shape index (κ1) is 22.9. The summed E-state index contributed by atoms with van der Waals surface area (Å²) in [5.41, 5.74) is 0. The Bertz CT molecular complexity index is 461. The second kappa shape index (κ2) is 10.7. The topological polar surface area (TPSA) is 83.0 Å². The van der Waals surface area contributed by atoms with Crippen molar-refractivity contribution in [3.8, 4) is 0 Å². The summed E-state index contributed by atoms with van der Waals surface area (Å²) >= 11 is 0. The van der Waals surface area contributed by atoms with Gasteiger partial charge in [-0.15, -0.1) is 24.0 Å². The number of nitrogens with one attached hydrogen (secondary N) is 2. The molecular formula is C14H31IN4O3S. The van der Waals surface area contributed by atoms with E-state index in [2.05, 4.69) is 15.6 Å². The van der Waals surface area contributed by atoms with Gasteiger partial charge in [-0.3, -0.25) is 4.99 Å². The Morgan fingerprint density at radius 2 is 1.87 bits per heavy atom. The summed E-state index contributed by atoms with van der Waals surface area (Å²) < 4.78 is 31.9. The van der Waals surface area contributed by atoms with Gasteiger partial charge in [-0.1, -0.05) is 0 Å². The van der Waals surface area contributed by atoms with Crippen LogP contribution in [0.2, 0.25) is 0 Å². The summed E-state index contributed by atoms with van der Waals surface area (Å²) in [6.45, 7) is 11.6. The van der Waals surface area contributed by atoms with Crippen molar-refractivity contribution in [2.45, 2.75) is 52.9 Å². The summed E-state index contributed by atoms with van der Waals surface area (Å²) in [6, 6.07) is 0.246. The third-order valence-corrected chi connectivity index (χ3v) is 4.95. The largest absolute Gasteiger partial charge is 0.373 e. The van der Waals surface area contributed by atoms with E-state index in [1.165, 1.54) is 4.31 Å². The molecule has 1 saturated heterocycles. The zero-order valence-corrected chi connectivity index (χ0v) is 17.9. The monoisotopic (exact) mass is 462 g/mol. The van der Waals surface area contributed by atoms with Gasteiger partial charge in [0, 0.05) is 25.7 Å². The van der Waals surface area contributed by atoms with Crippen molar-refractivity contribution in [1.82, 2.24) is 14.9 Å². The molecule has 138 valence electrons. The SMILES string of the molecule is CCNC(=NCCS(=O)(=O)N1CC(C)OC(C)C1)NC(C)C.I. The predicted molar refractivity (Wildman–Crippen MR) is 105 cm³/mol. The van der Waals surface area contributed by atoms with E-state index in [0.717, 1.165) is 6.54 Å². The van der Waals surface area contributed by atoms with Gasteiger partial charge in [-0.25, -0.2) is 8.42 Å². The molecule has 0 amide bonds. The van der Waals surface area contributed by atoms with E-state index < -0.39 is 10.0 Å². The second-order valence-corrected chi connectivity index (χ2v) is 8.04. The summed E-state index contributed by atoms with van der Waals surface area (Å²) in [4.78, 5) is 4.33. The molecule has 0 bridgehead atoms. The number of nitrogens with zero attached hydrogens (tertiary/aromatic N) is 2. The number of guanidine groups is 1. The number of hydrogen-bond donors (Lipinski definition) is 2. The number of morpholine rings is 1. The zero-order valence-electron chi connectivity index (χ0n) is 14.7. The minimum Gasteiger partial charge on any atom is -0.373 e. The summed E-state index contributed by atoms with van der Waals surface area (Å²) in [5.74, 6) is 0.664. The van der Waals surface area contributed by atoms with E-state index >= 15 is 0 Å². The van der Waals surface area contributed by atoms with Crippen LogP contribution in [0.4, 0.5) is 0 Å².